The summed E-state index contributed by atoms with van der Waals surface area (Å²) in [6, 6.07) is 0. The van der Waals surface area contributed by atoms with Crippen LogP contribution in [0.25, 0.3) is 0 Å². The molecule has 1 unspecified atom stereocenters. The number of ether oxygens (including phenoxy) is 1. The van der Waals surface area contributed by atoms with E-state index in [1.54, 1.807) is 0 Å². The molecule has 0 amide bonds. The first kappa shape index (κ1) is 12.4. The monoisotopic (exact) mass is 258 g/mol. The van der Waals surface area contributed by atoms with E-state index < -0.39 is 11.2 Å². The lowest BCUT2D eigenvalue weighted by Crippen LogP contribution is -2.29. The van der Waals surface area contributed by atoms with E-state index in [-0.39, 0.29) is 5.02 Å². The Morgan fingerprint density at radius 1 is 1.53 bits per heavy atom. The molecule has 1 aliphatic rings. The maximum absolute atomic E-state index is 11.4. The summed E-state index contributed by atoms with van der Waals surface area (Å²) in [5.74, 6) is 0. The van der Waals surface area contributed by atoms with Crippen molar-refractivity contribution in [2.45, 2.75) is 38.3 Å². The molecule has 0 bridgehead atoms. The molecule has 1 atom stereocenters. The maximum Gasteiger partial charge on any atom is 0.328 e. The van der Waals surface area contributed by atoms with Crippen LogP contribution in [0.4, 0.5) is 0 Å². The van der Waals surface area contributed by atoms with E-state index in [9.17, 15) is 9.59 Å². The minimum absolute atomic E-state index is 0.0433. The molecule has 0 saturated carbocycles. The Morgan fingerprint density at radius 3 is 3.06 bits per heavy atom. The highest BCUT2D eigenvalue weighted by atomic mass is 35.5. The number of hydrogen-bond acceptors (Lipinski definition) is 3. The molecule has 2 rings (SSSR count). The van der Waals surface area contributed by atoms with Gasteiger partial charge in [0.1, 0.15) is 5.02 Å². The number of aromatic nitrogens is 2. The topological polar surface area (TPSA) is 64.1 Å². The van der Waals surface area contributed by atoms with E-state index in [0.29, 0.717) is 12.6 Å². The zero-order valence-electron chi connectivity index (χ0n) is 9.45. The molecule has 0 spiro atoms. The fourth-order valence-corrected chi connectivity index (χ4v) is 2.18. The van der Waals surface area contributed by atoms with E-state index in [1.165, 1.54) is 10.8 Å². The zero-order chi connectivity index (χ0) is 12.3. The maximum atomic E-state index is 11.4. The van der Waals surface area contributed by atoms with Crippen LogP contribution in [0.1, 0.15) is 25.7 Å². The summed E-state index contributed by atoms with van der Waals surface area (Å²) >= 11 is 5.66. The summed E-state index contributed by atoms with van der Waals surface area (Å²) in [6.07, 6.45) is 5.70. The first-order valence-electron chi connectivity index (χ1n) is 5.77. The van der Waals surface area contributed by atoms with Crippen molar-refractivity contribution in [1.29, 1.82) is 0 Å². The standard InChI is InChI=1S/C11H15ClN2O3/c12-9-7-14(11(16)13-10(9)15)5-1-3-8-4-2-6-17-8/h7-8H,1-6H2,(H,13,15,16). The second-order valence-corrected chi connectivity index (χ2v) is 4.61. The first-order valence-corrected chi connectivity index (χ1v) is 6.15. The lowest BCUT2D eigenvalue weighted by molar-refractivity contribution is 0.101. The molecule has 6 heteroatoms. The highest BCUT2D eigenvalue weighted by Crippen LogP contribution is 2.16. The van der Waals surface area contributed by atoms with Crippen molar-refractivity contribution in [3.05, 3.63) is 32.1 Å². The summed E-state index contributed by atoms with van der Waals surface area (Å²) in [5.41, 5.74) is -0.946. The van der Waals surface area contributed by atoms with Crippen molar-refractivity contribution in [3.8, 4) is 0 Å². The van der Waals surface area contributed by atoms with Crippen molar-refractivity contribution in [3.63, 3.8) is 0 Å². The van der Waals surface area contributed by atoms with Crippen LogP contribution in [0.3, 0.4) is 0 Å². The normalized spacial score (nSPS) is 19.7. The highest BCUT2D eigenvalue weighted by Gasteiger charge is 2.14. The average Bonchev–Trinajstić information content (AvgIpc) is 2.78. The predicted molar refractivity (Wildman–Crippen MR) is 64.5 cm³/mol. The molecule has 0 aliphatic carbocycles. The summed E-state index contributed by atoms with van der Waals surface area (Å²) in [6.45, 7) is 1.39. The third kappa shape index (κ3) is 3.20. The molecular weight excluding hydrogens is 244 g/mol. The fourth-order valence-electron chi connectivity index (χ4n) is 2.01. The molecule has 1 saturated heterocycles. The molecule has 1 N–H and O–H groups in total. The van der Waals surface area contributed by atoms with Gasteiger partial charge in [-0.3, -0.25) is 14.3 Å². The molecule has 5 nitrogen and oxygen atoms in total. The van der Waals surface area contributed by atoms with Crippen LogP contribution in [-0.2, 0) is 11.3 Å². The van der Waals surface area contributed by atoms with Crippen LogP contribution in [0.15, 0.2) is 15.8 Å². The van der Waals surface area contributed by atoms with Crippen LogP contribution < -0.4 is 11.2 Å². The molecule has 0 radical (unpaired) electrons. The number of nitrogens with zero attached hydrogens (tertiary/aromatic N) is 1. The summed E-state index contributed by atoms with van der Waals surface area (Å²) in [5, 5.41) is 0.0433. The molecule has 1 aromatic heterocycles. The van der Waals surface area contributed by atoms with Crippen molar-refractivity contribution >= 4 is 11.6 Å². The van der Waals surface area contributed by atoms with Gasteiger partial charge in [-0.2, -0.15) is 0 Å². The van der Waals surface area contributed by atoms with Crippen LogP contribution in [-0.4, -0.2) is 22.3 Å². The van der Waals surface area contributed by atoms with Crippen LogP contribution in [0.5, 0.6) is 0 Å². The van der Waals surface area contributed by atoms with Gasteiger partial charge in [0.15, 0.2) is 0 Å². The summed E-state index contributed by atoms with van der Waals surface area (Å²) in [4.78, 5) is 24.7. The van der Waals surface area contributed by atoms with Crippen molar-refractivity contribution in [1.82, 2.24) is 9.55 Å². The van der Waals surface area contributed by atoms with Gasteiger partial charge in [-0.15, -0.1) is 0 Å². The van der Waals surface area contributed by atoms with E-state index in [0.717, 1.165) is 32.3 Å². The highest BCUT2D eigenvalue weighted by molar-refractivity contribution is 6.30. The second kappa shape index (κ2) is 5.51. The number of hydrogen-bond donors (Lipinski definition) is 1. The number of aryl methyl sites for hydroxylation is 1. The molecule has 0 aromatic carbocycles. The molecule has 1 aliphatic heterocycles. The Balaban J connectivity index is 1.92. The molecule has 2 heterocycles. The van der Waals surface area contributed by atoms with Gasteiger partial charge >= 0.3 is 5.69 Å². The molecule has 17 heavy (non-hydrogen) atoms. The molecular formula is C11H15ClN2O3. The van der Waals surface area contributed by atoms with E-state index >= 15 is 0 Å². The number of H-pyrrole nitrogens is 1. The van der Waals surface area contributed by atoms with Gasteiger partial charge in [0, 0.05) is 19.3 Å². The Kier molecular flexibility index (Phi) is 4.02. The van der Waals surface area contributed by atoms with Gasteiger partial charge in [-0.25, -0.2) is 4.79 Å². The fraction of sp³-hybridized carbons (Fsp3) is 0.636. The summed E-state index contributed by atoms with van der Waals surface area (Å²) in [7, 11) is 0. The lowest BCUT2D eigenvalue weighted by Gasteiger charge is -2.09. The Labute approximate surface area is 103 Å². The van der Waals surface area contributed by atoms with Gasteiger partial charge in [0.2, 0.25) is 0 Å². The molecule has 1 aromatic rings. The predicted octanol–water partition coefficient (Wildman–Crippen LogP) is 1.15. The van der Waals surface area contributed by atoms with Gasteiger partial charge in [0.05, 0.1) is 6.10 Å². The van der Waals surface area contributed by atoms with Crippen molar-refractivity contribution < 1.29 is 4.74 Å². The summed E-state index contributed by atoms with van der Waals surface area (Å²) < 4.78 is 6.92. The Morgan fingerprint density at radius 2 is 2.35 bits per heavy atom. The quantitative estimate of drug-likeness (QED) is 0.881. The first-order chi connectivity index (χ1) is 8.16. The number of rotatable bonds is 4. The lowest BCUT2D eigenvalue weighted by atomic mass is 10.1. The molecule has 1 fully saturated rings. The average molecular weight is 259 g/mol. The Hall–Kier alpha value is -1.07. The van der Waals surface area contributed by atoms with Gasteiger partial charge in [-0.1, -0.05) is 11.6 Å². The number of aromatic amines is 1. The smallest absolute Gasteiger partial charge is 0.328 e. The van der Waals surface area contributed by atoms with E-state index in [2.05, 4.69) is 4.98 Å². The van der Waals surface area contributed by atoms with Crippen molar-refractivity contribution in [2.24, 2.45) is 0 Å². The number of nitrogens with one attached hydrogen (secondary N) is 1. The van der Waals surface area contributed by atoms with Gasteiger partial charge in [0.25, 0.3) is 5.56 Å². The largest absolute Gasteiger partial charge is 0.378 e. The minimum Gasteiger partial charge on any atom is -0.378 e. The van der Waals surface area contributed by atoms with Crippen LogP contribution >= 0.6 is 11.6 Å². The van der Waals surface area contributed by atoms with Gasteiger partial charge in [-0.05, 0) is 25.7 Å². The third-order valence-electron chi connectivity index (χ3n) is 2.92. The molecule has 94 valence electrons. The number of halogens is 1. The van der Waals surface area contributed by atoms with Crippen LogP contribution in [0, 0.1) is 0 Å². The SMILES string of the molecule is O=c1[nH]c(=O)n(CCCC2CCCO2)cc1Cl. The second-order valence-electron chi connectivity index (χ2n) is 4.21. The van der Waals surface area contributed by atoms with E-state index in [1.807, 2.05) is 0 Å². The zero-order valence-corrected chi connectivity index (χ0v) is 10.2. The van der Waals surface area contributed by atoms with Gasteiger partial charge < -0.3 is 4.74 Å². The van der Waals surface area contributed by atoms with Crippen molar-refractivity contribution in [2.75, 3.05) is 6.61 Å². The minimum atomic E-state index is -0.535. The Bertz CT molecular complexity index is 488. The van der Waals surface area contributed by atoms with Crippen LogP contribution in [0.2, 0.25) is 5.02 Å². The third-order valence-corrected chi connectivity index (χ3v) is 3.19. The van der Waals surface area contributed by atoms with E-state index in [4.69, 9.17) is 16.3 Å².